The van der Waals surface area contributed by atoms with Gasteiger partial charge in [0.05, 0.1) is 43.9 Å². The van der Waals surface area contributed by atoms with Crippen LogP contribution in [-0.2, 0) is 13.7 Å². The molecule has 3 aromatic rings. The van der Waals surface area contributed by atoms with Gasteiger partial charge in [-0.05, 0) is 24.6 Å². The minimum Gasteiger partial charge on any atom is -0.492 e. The van der Waals surface area contributed by atoms with Gasteiger partial charge in [-0.3, -0.25) is 0 Å². The Morgan fingerprint density at radius 2 is 1.76 bits per heavy atom. The number of pyridine rings is 1. The van der Waals surface area contributed by atoms with Gasteiger partial charge >= 0.3 is 0 Å². The molecule has 6 heteroatoms. The second kappa shape index (κ2) is 6.72. The standard InChI is InChI=1S/C23H25N2O4/c1-24-18-12-20(26-2)23(28-4)22(27-3)17(18)10-14-13-29-19-11-15(25-8-5-9-25)6-7-16(19)21(14)24/h6-7,10-12H,5,8-9,13H2,1-4H3/q+1. The molecule has 2 aliphatic heterocycles. The number of aryl methyl sites for hydroxylation is 1. The molecule has 0 saturated carbocycles. The van der Waals surface area contributed by atoms with Crippen molar-refractivity contribution in [1.29, 1.82) is 0 Å². The summed E-state index contributed by atoms with van der Waals surface area (Å²) in [7, 11) is 6.99. The summed E-state index contributed by atoms with van der Waals surface area (Å²) in [6.45, 7) is 2.76. The Morgan fingerprint density at radius 3 is 2.41 bits per heavy atom. The number of hydrogen-bond acceptors (Lipinski definition) is 5. The number of hydrogen-bond donors (Lipinski definition) is 0. The third-order valence-electron chi connectivity index (χ3n) is 5.99. The maximum Gasteiger partial charge on any atom is 0.223 e. The molecule has 5 rings (SSSR count). The molecule has 0 spiro atoms. The lowest BCUT2D eigenvalue weighted by atomic mass is 9.98. The largest absolute Gasteiger partial charge is 0.492 e. The van der Waals surface area contributed by atoms with Crippen LogP contribution in [-0.4, -0.2) is 34.4 Å². The fraction of sp³-hybridized carbons (Fsp3) is 0.348. The lowest BCUT2D eigenvalue weighted by molar-refractivity contribution is -0.634. The second-order valence-electron chi connectivity index (χ2n) is 7.47. The highest BCUT2D eigenvalue weighted by atomic mass is 16.5. The zero-order valence-electron chi connectivity index (χ0n) is 17.2. The second-order valence-corrected chi connectivity index (χ2v) is 7.47. The Labute approximate surface area is 170 Å². The van der Waals surface area contributed by atoms with Crippen LogP contribution >= 0.6 is 0 Å². The first-order valence-corrected chi connectivity index (χ1v) is 9.83. The van der Waals surface area contributed by atoms with Gasteiger partial charge in [0.15, 0.2) is 11.5 Å². The van der Waals surface area contributed by atoms with Crippen molar-refractivity contribution in [1.82, 2.24) is 0 Å². The minimum absolute atomic E-state index is 0.521. The fourth-order valence-electron chi connectivity index (χ4n) is 4.38. The zero-order chi connectivity index (χ0) is 20.1. The van der Waals surface area contributed by atoms with E-state index in [0.29, 0.717) is 23.9 Å². The predicted octanol–water partition coefficient (Wildman–Crippen LogP) is 3.46. The fourth-order valence-corrected chi connectivity index (χ4v) is 4.38. The van der Waals surface area contributed by atoms with E-state index in [1.165, 1.54) is 12.1 Å². The molecule has 3 heterocycles. The molecule has 0 bridgehead atoms. The average Bonchev–Trinajstić information content (AvgIpc) is 2.70. The van der Waals surface area contributed by atoms with Gasteiger partial charge in [0.2, 0.25) is 17.0 Å². The van der Waals surface area contributed by atoms with Crippen molar-refractivity contribution in [2.24, 2.45) is 7.05 Å². The van der Waals surface area contributed by atoms with Crippen LogP contribution in [0.25, 0.3) is 22.2 Å². The number of fused-ring (bicyclic) bond motifs is 4. The maximum atomic E-state index is 6.15. The van der Waals surface area contributed by atoms with E-state index in [9.17, 15) is 0 Å². The molecule has 29 heavy (non-hydrogen) atoms. The SMILES string of the molecule is COc1cc2c(cc3c([n+]2C)-c2ccc(N4CCC4)cc2OC3)c(OC)c1OC. The average molecular weight is 393 g/mol. The highest BCUT2D eigenvalue weighted by molar-refractivity contribution is 5.91. The van der Waals surface area contributed by atoms with E-state index < -0.39 is 0 Å². The van der Waals surface area contributed by atoms with E-state index in [0.717, 1.165) is 46.6 Å². The van der Waals surface area contributed by atoms with Crippen LogP contribution in [0, 0.1) is 0 Å². The van der Waals surface area contributed by atoms with E-state index in [-0.39, 0.29) is 0 Å². The minimum atomic E-state index is 0.521. The molecule has 2 aliphatic rings. The lowest BCUT2D eigenvalue weighted by Gasteiger charge is -2.34. The van der Waals surface area contributed by atoms with Gasteiger partial charge in [-0.25, -0.2) is 0 Å². The summed E-state index contributed by atoms with van der Waals surface area (Å²) in [5.41, 5.74) is 5.62. The summed E-state index contributed by atoms with van der Waals surface area (Å²) in [4.78, 5) is 2.38. The first-order valence-electron chi connectivity index (χ1n) is 9.83. The van der Waals surface area contributed by atoms with E-state index in [2.05, 4.69) is 40.8 Å². The van der Waals surface area contributed by atoms with Gasteiger partial charge in [-0.1, -0.05) is 0 Å². The topological polar surface area (TPSA) is 44.0 Å². The van der Waals surface area contributed by atoms with Gasteiger partial charge in [0.1, 0.15) is 19.4 Å². The summed E-state index contributed by atoms with van der Waals surface area (Å²) in [5, 5.41) is 0.968. The molecule has 0 unspecified atom stereocenters. The smallest absolute Gasteiger partial charge is 0.223 e. The molecule has 0 N–H and O–H groups in total. The molecule has 150 valence electrons. The first-order chi connectivity index (χ1) is 14.2. The molecular formula is C23H25N2O4+. The van der Waals surface area contributed by atoms with Gasteiger partial charge in [-0.15, -0.1) is 0 Å². The van der Waals surface area contributed by atoms with Crippen molar-refractivity contribution in [3.63, 3.8) is 0 Å². The van der Waals surface area contributed by atoms with Crippen LogP contribution in [0.15, 0.2) is 30.3 Å². The maximum absolute atomic E-state index is 6.15. The number of ether oxygens (including phenoxy) is 4. The first kappa shape index (κ1) is 17.9. The van der Waals surface area contributed by atoms with Crippen LogP contribution in [0.4, 0.5) is 5.69 Å². The van der Waals surface area contributed by atoms with Crippen LogP contribution < -0.4 is 28.4 Å². The molecule has 0 radical (unpaired) electrons. The third kappa shape index (κ3) is 2.58. The molecule has 1 aromatic heterocycles. The van der Waals surface area contributed by atoms with Gasteiger partial charge in [0.25, 0.3) is 0 Å². The van der Waals surface area contributed by atoms with Crippen molar-refractivity contribution >= 4 is 16.6 Å². The summed E-state index contributed by atoms with van der Waals surface area (Å²) < 4.78 is 25.2. The Hall–Kier alpha value is -3.15. The molecule has 0 aliphatic carbocycles. The Bertz CT molecular complexity index is 1120. The molecule has 0 amide bonds. The summed E-state index contributed by atoms with van der Waals surface area (Å²) >= 11 is 0. The van der Waals surface area contributed by atoms with Crippen molar-refractivity contribution in [3.8, 4) is 34.3 Å². The Balaban J connectivity index is 1.74. The third-order valence-corrected chi connectivity index (χ3v) is 5.99. The number of rotatable bonds is 4. The van der Waals surface area contributed by atoms with Crippen LogP contribution in [0.5, 0.6) is 23.0 Å². The van der Waals surface area contributed by atoms with Crippen LogP contribution in [0.3, 0.4) is 0 Å². The number of benzene rings is 2. The Kier molecular flexibility index (Phi) is 4.15. The lowest BCUT2D eigenvalue weighted by Crippen LogP contribution is -2.37. The highest BCUT2D eigenvalue weighted by Crippen LogP contribution is 2.45. The van der Waals surface area contributed by atoms with E-state index in [1.54, 1.807) is 21.3 Å². The molecule has 6 nitrogen and oxygen atoms in total. The van der Waals surface area contributed by atoms with E-state index >= 15 is 0 Å². The number of aromatic nitrogens is 1. The summed E-state index contributed by atoms with van der Waals surface area (Å²) in [6.07, 6.45) is 1.26. The molecule has 0 atom stereocenters. The molecule has 1 fully saturated rings. The van der Waals surface area contributed by atoms with Crippen molar-refractivity contribution < 1.29 is 23.5 Å². The summed E-state index contributed by atoms with van der Waals surface area (Å²) in [6, 6.07) is 10.7. The van der Waals surface area contributed by atoms with Crippen molar-refractivity contribution in [2.45, 2.75) is 13.0 Å². The zero-order valence-corrected chi connectivity index (χ0v) is 17.2. The van der Waals surface area contributed by atoms with Gasteiger partial charge in [0, 0.05) is 24.8 Å². The molecule has 1 saturated heterocycles. The monoisotopic (exact) mass is 393 g/mol. The van der Waals surface area contributed by atoms with E-state index in [4.69, 9.17) is 18.9 Å². The number of nitrogens with zero attached hydrogens (tertiary/aromatic N) is 2. The van der Waals surface area contributed by atoms with Gasteiger partial charge < -0.3 is 23.8 Å². The number of anilines is 1. The summed E-state index contributed by atoms with van der Waals surface area (Å²) in [5.74, 6) is 2.84. The predicted molar refractivity (Wildman–Crippen MR) is 111 cm³/mol. The van der Waals surface area contributed by atoms with Crippen LogP contribution in [0.1, 0.15) is 12.0 Å². The van der Waals surface area contributed by atoms with Crippen LogP contribution in [0.2, 0.25) is 0 Å². The quantitative estimate of drug-likeness (QED) is 0.635. The highest BCUT2D eigenvalue weighted by Gasteiger charge is 2.31. The van der Waals surface area contributed by atoms with Gasteiger partial charge in [-0.2, -0.15) is 4.57 Å². The number of methoxy groups -OCH3 is 3. The Morgan fingerprint density at radius 1 is 0.966 bits per heavy atom. The van der Waals surface area contributed by atoms with E-state index in [1.807, 2.05) is 6.07 Å². The molecular weight excluding hydrogens is 368 g/mol. The van der Waals surface area contributed by atoms with Crippen molar-refractivity contribution in [3.05, 3.63) is 35.9 Å². The normalized spacial score (nSPS) is 14.6. The molecule has 2 aromatic carbocycles. The van der Waals surface area contributed by atoms with Crippen molar-refractivity contribution in [2.75, 3.05) is 39.3 Å².